The average Bonchev–Trinajstić information content (AvgIpc) is 2.70. The molecular formula is C8H6N2O4. The molecule has 0 aliphatic heterocycles. The molecule has 0 unspecified atom stereocenters. The Labute approximate surface area is 77.8 Å². The van der Waals surface area contributed by atoms with Crippen molar-refractivity contribution < 1.29 is 19.4 Å². The van der Waals surface area contributed by atoms with Gasteiger partial charge in [0.05, 0.1) is 6.26 Å². The molecule has 14 heavy (non-hydrogen) atoms. The first-order chi connectivity index (χ1) is 6.68. The van der Waals surface area contributed by atoms with Gasteiger partial charge in [0.1, 0.15) is 0 Å². The van der Waals surface area contributed by atoms with E-state index in [2.05, 4.69) is 9.97 Å². The molecule has 0 amide bonds. The summed E-state index contributed by atoms with van der Waals surface area (Å²) in [5.74, 6) is -1.27. The van der Waals surface area contributed by atoms with Crippen molar-refractivity contribution in [2.75, 3.05) is 0 Å². The van der Waals surface area contributed by atoms with Gasteiger partial charge in [0, 0.05) is 0 Å². The lowest BCUT2D eigenvalue weighted by Crippen LogP contribution is -1.96. The molecule has 0 fully saturated rings. The molecule has 72 valence electrons. The van der Waals surface area contributed by atoms with Gasteiger partial charge in [-0.3, -0.25) is 0 Å². The second kappa shape index (κ2) is 2.91. The summed E-state index contributed by atoms with van der Waals surface area (Å²) in [5.41, 5.74) is -0.351. The summed E-state index contributed by atoms with van der Waals surface area (Å²) in [6.07, 6.45) is 1.43. The van der Waals surface area contributed by atoms with Crippen LogP contribution < -0.4 is 0 Å². The summed E-state index contributed by atoms with van der Waals surface area (Å²) in [7, 11) is 0. The molecule has 0 aliphatic carbocycles. The van der Waals surface area contributed by atoms with Crippen molar-refractivity contribution in [2.45, 2.75) is 0 Å². The van der Waals surface area contributed by atoms with Gasteiger partial charge in [-0.15, -0.1) is 0 Å². The number of rotatable bonds is 2. The minimum atomic E-state index is -1.27. The number of carbonyl (C=O) groups is 1. The molecule has 0 aromatic carbocycles. The number of nitrogens with one attached hydrogen (secondary N) is 1. The predicted octanol–water partition coefficient (Wildman–Crippen LogP) is 1.07. The Morgan fingerprint density at radius 1 is 1.57 bits per heavy atom. The number of nitrogens with zero attached hydrogens (tertiary/aromatic N) is 1. The van der Waals surface area contributed by atoms with Gasteiger partial charge in [0.15, 0.2) is 17.3 Å². The van der Waals surface area contributed by atoms with Gasteiger partial charge in [0.25, 0.3) is 0 Å². The first-order valence-corrected chi connectivity index (χ1v) is 3.74. The number of carboxylic acid groups (broad SMARTS) is 1. The third kappa shape index (κ3) is 1.22. The fourth-order valence-corrected chi connectivity index (χ4v) is 1.04. The smallest absolute Gasteiger partial charge is 0.358 e. The second-order valence-corrected chi connectivity index (χ2v) is 2.57. The van der Waals surface area contributed by atoms with Crippen LogP contribution in [0.2, 0.25) is 0 Å². The number of furan rings is 1. The zero-order valence-corrected chi connectivity index (χ0v) is 6.89. The fraction of sp³-hybridized carbons (Fsp3) is 0. The zero-order valence-electron chi connectivity index (χ0n) is 6.89. The third-order valence-electron chi connectivity index (χ3n) is 1.65. The molecule has 0 atom stereocenters. The Morgan fingerprint density at radius 3 is 2.86 bits per heavy atom. The lowest BCUT2D eigenvalue weighted by atomic mass is 10.4. The van der Waals surface area contributed by atoms with E-state index < -0.39 is 11.8 Å². The fourth-order valence-electron chi connectivity index (χ4n) is 1.04. The molecule has 2 aromatic rings. The Balaban J connectivity index is 2.48. The van der Waals surface area contributed by atoms with Crippen molar-refractivity contribution >= 4 is 5.97 Å². The van der Waals surface area contributed by atoms with Crippen molar-refractivity contribution in [1.82, 2.24) is 9.97 Å². The molecule has 0 radical (unpaired) electrons. The van der Waals surface area contributed by atoms with Crippen LogP contribution in [0.15, 0.2) is 22.8 Å². The topological polar surface area (TPSA) is 99.3 Å². The lowest BCUT2D eigenvalue weighted by Gasteiger charge is -1.87. The van der Waals surface area contributed by atoms with E-state index in [1.807, 2.05) is 0 Å². The number of aromatic carboxylic acids is 1. The first kappa shape index (κ1) is 8.36. The molecule has 2 aromatic heterocycles. The van der Waals surface area contributed by atoms with Gasteiger partial charge in [0.2, 0.25) is 5.88 Å². The minimum absolute atomic E-state index is 0.185. The van der Waals surface area contributed by atoms with E-state index in [9.17, 15) is 4.79 Å². The number of aromatic amines is 1. The minimum Gasteiger partial charge on any atom is -0.492 e. The highest BCUT2D eigenvalue weighted by molar-refractivity contribution is 5.88. The maximum absolute atomic E-state index is 10.5. The number of hydrogen-bond donors (Lipinski definition) is 3. The normalized spacial score (nSPS) is 10.3. The molecule has 2 heterocycles. The van der Waals surface area contributed by atoms with E-state index in [-0.39, 0.29) is 11.5 Å². The van der Waals surface area contributed by atoms with Crippen LogP contribution in [0.25, 0.3) is 11.6 Å². The quantitative estimate of drug-likeness (QED) is 0.664. The molecule has 3 N–H and O–H groups in total. The summed E-state index contributed by atoms with van der Waals surface area (Å²) >= 11 is 0. The summed E-state index contributed by atoms with van der Waals surface area (Å²) in [6.45, 7) is 0. The van der Waals surface area contributed by atoms with Crippen LogP contribution in [0.5, 0.6) is 5.88 Å². The molecule has 0 spiro atoms. The van der Waals surface area contributed by atoms with Crippen LogP contribution in [-0.4, -0.2) is 26.2 Å². The Morgan fingerprint density at radius 2 is 2.36 bits per heavy atom. The van der Waals surface area contributed by atoms with Crippen molar-refractivity contribution in [3.8, 4) is 17.5 Å². The monoisotopic (exact) mass is 194 g/mol. The molecule has 2 rings (SSSR count). The van der Waals surface area contributed by atoms with Crippen molar-refractivity contribution in [3.05, 3.63) is 24.1 Å². The molecule has 0 aliphatic rings. The van der Waals surface area contributed by atoms with Gasteiger partial charge in [-0.2, -0.15) is 4.98 Å². The van der Waals surface area contributed by atoms with Crippen LogP contribution in [0.3, 0.4) is 0 Å². The Bertz CT molecular complexity index is 458. The van der Waals surface area contributed by atoms with Gasteiger partial charge in [-0.1, -0.05) is 0 Å². The van der Waals surface area contributed by atoms with E-state index in [0.29, 0.717) is 5.76 Å². The summed E-state index contributed by atoms with van der Waals surface area (Å²) in [4.78, 5) is 16.6. The van der Waals surface area contributed by atoms with E-state index in [1.165, 1.54) is 6.26 Å². The zero-order chi connectivity index (χ0) is 10.1. The molecule has 0 bridgehead atoms. The van der Waals surface area contributed by atoms with E-state index >= 15 is 0 Å². The number of carboxylic acids is 1. The van der Waals surface area contributed by atoms with Crippen LogP contribution in [-0.2, 0) is 0 Å². The number of aromatic nitrogens is 2. The van der Waals surface area contributed by atoms with E-state index in [4.69, 9.17) is 14.6 Å². The van der Waals surface area contributed by atoms with Crippen LogP contribution in [0.1, 0.15) is 10.5 Å². The van der Waals surface area contributed by atoms with E-state index in [0.717, 1.165) is 0 Å². The largest absolute Gasteiger partial charge is 0.492 e. The molecule has 0 saturated carbocycles. The number of aromatic hydroxyl groups is 1. The molecule has 0 saturated heterocycles. The van der Waals surface area contributed by atoms with Crippen molar-refractivity contribution in [3.63, 3.8) is 0 Å². The van der Waals surface area contributed by atoms with Crippen LogP contribution >= 0.6 is 0 Å². The highest BCUT2D eigenvalue weighted by Gasteiger charge is 2.17. The summed E-state index contributed by atoms with van der Waals surface area (Å²) < 4.78 is 4.97. The number of H-pyrrole nitrogens is 1. The third-order valence-corrected chi connectivity index (χ3v) is 1.65. The molecule has 6 heteroatoms. The van der Waals surface area contributed by atoms with Gasteiger partial charge >= 0.3 is 5.97 Å². The number of imidazole rings is 1. The molecular weight excluding hydrogens is 188 g/mol. The SMILES string of the molecule is O=C(O)c1[nH]c(-c2ccco2)nc1O. The summed E-state index contributed by atoms with van der Waals surface area (Å²) in [6, 6.07) is 3.24. The van der Waals surface area contributed by atoms with Crippen LogP contribution in [0, 0.1) is 0 Å². The highest BCUT2D eigenvalue weighted by atomic mass is 16.4. The molecule has 6 nitrogen and oxygen atoms in total. The van der Waals surface area contributed by atoms with Gasteiger partial charge in [-0.05, 0) is 12.1 Å². The second-order valence-electron chi connectivity index (χ2n) is 2.57. The number of hydrogen-bond acceptors (Lipinski definition) is 4. The standard InChI is InChI=1S/C8H6N2O4/c11-7-5(8(12)13)9-6(10-7)4-2-1-3-14-4/h1-3,11H,(H,9,10)(H,12,13). The Kier molecular flexibility index (Phi) is 1.74. The van der Waals surface area contributed by atoms with Crippen LogP contribution in [0.4, 0.5) is 0 Å². The van der Waals surface area contributed by atoms with Crippen molar-refractivity contribution in [1.29, 1.82) is 0 Å². The summed E-state index contributed by atoms with van der Waals surface area (Å²) in [5, 5.41) is 17.8. The maximum atomic E-state index is 10.5. The Hall–Kier alpha value is -2.24. The highest BCUT2D eigenvalue weighted by Crippen LogP contribution is 2.21. The van der Waals surface area contributed by atoms with E-state index in [1.54, 1.807) is 12.1 Å². The first-order valence-electron chi connectivity index (χ1n) is 3.74. The van der Waals surface area contributed by atoms with Gasteiger partial charge in [-0.25, -0.2) is 4.79 Å². The van der Waals surface area contributed by atoms with Crippen molar-refractivity contribution in [2.24, 2.45) is 0 Å². The average molecular weight is 194 g/mol. The van der Waals surface area contributed by atoms with Gasteiger partial charge < -0.3 is 19.6 Å². The lowest BCUT2D eigenvalue weighted by molar-refractivity contribution is 0.0687. The maximum Gasteiger partial charge on any atom is 0.358 e. The predicted molar refractivity (Wildman–Crippen MR) is 44.9 cm³/mol.